The van der Waals surface area contributed by atoms with E-state index in [1.165, 1.54) is 13.8 Å². The lowest BCUT2D eigenvalue weighted by Crippen LogP contribution is -2.83. The Hall–Kier alpha value is -2.53. The second-order valence-electron chi connectivity index (χ2n) is 10.8. The lowest BCUT2D eigenvalue weighted by atomic mass is 9.46. The van der Waals surface area contributed by atoms with Gasteiger partial charge in [-0.15, -0.1) is 0 Å². The van der Waals surface area contributed by atoms with Crippen molar-refractivity contribution < 1.29 is 48.7 Å². The molecule has 1 spiro atoms. The number of carbonyl (C=O) groups is 3. The smallest absolute Gasteiger partial charge is 0.338 e. The van der Waals surface area contributed by atoms with Gasteiger partial charge in [0.05, 0.1) is 22.9 Å². The largest absolute Gasteiger partial charge is 0.465 e. The first-order valence-electron chi connectivity index (χ1n) is 12.1. The quantitative estimate of drug-likeness (QED) is 0.392. The van der Waals surface area contributed by atoms with Crippen LogP contribution in [0.25, 0.3) is 0 Å². The number of aliphatic hydroxyl groups is 3. The fraction of sp³-hybridized carbons (Fsp3) is 0.654. The van der Waals surface area contributed by atoms with Gasteiger partial charge in [0.2, 0.25) is 0 Å². The van der Waals surface area contributed by atoms with E-state index in [1.54, 1.807) is 44.2 Å². The number of esters is 3. The highest BCUT2D eigenvalue weighted by atomic mass is 16.6. The molecule has 36 heavy (non-hydrogen) atoms. The molecule has 0 amide bonds. The molecule has 1 aromatic rings. The Bertz CT molecular complexity index is 1040. The number of benzene rings is 1. The van der Waals surface area contributed by atoms with Crippen molar-refractivity contribution in [2.75, 3.05) is 6.61 Å². The summed E-state index contributed by atoms with van der Waals surface area (Å²) in [7, 11) is 0. The molecule has 3 aliphatic rings. The normalized spacial score (nSPS) is 40.6. The molecule has 1 saturated heterocycles. The molecule has 1 aromatic carbocycles. The molecule has 0 aromatic heterocycles. The zero-order valence-electron chi connectivity index (χ0n) is 21.1. The topological polar surface area (TPSA) is 149 Å². The van der Waals surface area contributed by atoms with E-state index in [0.717, 1.165) is 6.92 Å². The predicted molar refractivity (Wildman–Crippen MR) is 124 cm³/mol. The van der Waals surface area contributed by atoms with Gasteiger partial charge < -0.3 is 34.3 Å². The summed E-state index contributed by atoms with van der Waals surface area (Å²) in [6.45, 7) is 6.56. The summed E-state index contributed by atoms with van der Waals surface area (Å²) in [5.74, 6) is -3.11. The summed E-state index contributed by atoms with van der Waals surface area (Å²) in [5.41, 5.74) is -6.46. The Labute approximate surface area is 209 Å². The van der Waals surface area contributed by atoms with Crippen molar-refractivity contribution >= 4 is 17.9 Å². The van der Waals surface area contributed by atoms with Gasteiger partial charge in [0.15, 0.2) is 0 Å². The molecule has 2 aliphatic carbocycles. The lowest BCUT2D eigenvalue weighted by Gasteiger charge is -2.65. The Morgan fingerprint density at radius 2 is 1.67 bits per heavy atom. The van der Waals surface area contributed by atoms with Gasteiger partial charge >= 0.3 is 17.9 Å². The van der Waals surface area contributed by atoms with Crippen molar-refractivity contribution in [1.82, 2.24) is 0 Å². The van der Waals surface area contributed by atoms with Gasteiger partial charge in [0, 0.05) is 19.8 Å². The van der Waals surface area contributed by atoms with Crippen LogP contribution < -0.4 is 0 Å². The lowest BCUT2D eigenvalue weighted by molar-refractivity contribution is -0.348. The van der Waals surface area contributed by atoms with E-state index in [4.69, 9.17) is 18.9 Å². The molecule has 3 N–H and O–H groups in total. The molecule has 3 fully saturated rings. The highest BCUT2D eigenvalue weighted by molar-refractivity contribution is 5.89. The second-order valence-corrected chi connectivity index (χ2v) is 10.8. The van der Waals surface area contributed by atoms with Crippen LogP contribution in [0.3, 0.4) is 0 Å². The van der Waals surface area contributed by atoms with Crippen LogP contribution in [0.15, 0.2) is 30.3 Å². The maximum absolute atomic E-state index is 13.2. The van der Waals surface area contributed by atoms with Crippen molar-refractivity contribution in [3.05, 3.63) is 35.9 Å². The average Bonchev–Trinajstić information content (AvgIpc) is 2.97. The first-order valence-corrected chi connectivity index (χ1v) is 12.1. The van der Waals surface area contributed by atoms with E-state index >= 15 is 0 Å². The number of fused-ring (bicyclic) bond motifs is 1. The molecule has 8 atom stereocenters. The summed E-state index contributed by atoms with van der Waals surface area (Å²) in [6.07, 6.45) is -5.47. The minimum absolute atomic E-state index is 0.0459. The predicted octanol–water partition coefficient (Wildman–Crippen LogP) is 1.14. The van der Waals surface area contributed by atoms with E-state index < -0.39 is 77.1 Å². The maximum atomic E-state index is 13.2. The monoisotopic (exact) mass is 506 g/mol. The molecule has 2 saturated carbocycles. The number of hydrogen-bond donors (Lipinski definition) is 3. The minimum Gasteiger partial charge on any atom is -0.465 e. The summed E-state index contributed by atoms with van der Waals surface area (Å²) < 4.78 is 23.6. The molecule has 10 heteroatoms. The molecule has 4 rings (SSSR count). The van der Waals surface area contributed by atoms with Gasteiger partial charge in [-0.2, -0.15) is 0 Å². The fourth-order valence-electron chi connectivity index (χ4n) is 6.85. The van der Waals surface area contributed by atoms with Crippen LogP contribution in [0, 0.1) is 11.3 Å². The third kappa shape index (κ3) is 3.65. The minimum atomic E-state index is -1.93. The molecule has 198 valence electrons. The molecule has 1 aliphatic heterocycles. The van der Waals surface area contributed by atoms with Crippen molar-refractivity contribution in [3.63, 3.8) is 0 Å². The fourth-order valence-corrected chi connectivity index (χ4v) is 6.85. The van der Waals surface area contributed by atoms with Gasteiger partial charge in [-0.3, -0.25) is 9.59 Å². The van der Waals surface area contributed by atoms with Gasteiger partial charge in [-0.05, 0) is 45.7 Å². The standard InChI is InChI=1S/C26H34O10/c1-14(27)33-13-25-17(35-22(31)16-9-7-6-8-10-16)11-12-24(5,32)26(25)20(30)18(23(3,4)36-26)19(29)21(25)34-15(2)28/h6-10,17-21,29-30,32H,11-13H2,1-5H3/t17-,18+,19-,20+,21+,24-,25-,26-/m0/s1. The molecular weight excluding hydrogens is 472 g/mol. The van der Waals surface area contributed by atoms with E-state index in [-0.39, 0.29) is 18.4 Å². The Morgan fingerprint density at radius 1 is 1.03 bits per heavy atom. The zero-order valence-corrected chi connectivity index (χ0v) is 21.1. The van der Waals surface area contributed by atoms with Crippen molar-refractivity contribution in [2.45, 2.75) is 88.7 Å². The van der Waals surface area contributed by atoms with Gasteiger partial charge in [-0.25, -0.2) is 4.79 Å². The van der Waals surface area contributed by atoms with Gasteiger partial charge in [0.25, 0.3) is 0 Å². The molecular formula is C26H34O10. The number of carbonyl (C=O) groups excluding carboxylic acids is 3. The SMILES string of the molecule is CC(=O)OC[C@@]12[C@@H](OC(=O)c3ccccc3)CC[C@](C)(O)[C@]13OC(C)(C)[C@H]([C@H](O)[C@H]2OC(C)=O)[C@H]3O. The third-order valence-electron chi connectivity index (χ3n) is 8.19. The van der Waals surface area contributed by atoms with Crippen molar-refractivity contribution in [1.29, 1.82) is 0 Å². The Kier molecular flexibility index (Phi) is 6.48. The summed E-state index contributed by atoms with van der Waals surface area (Å²) in [4.78, 5) is 37.5. The number of ether oxygens (including phenoxy) is 4. The molecule has 10 nitrogen and oxygen atoms in total. The highest BCUT2D eigenvalue weighted by Gasteiger charge is 2.85. The first kappa shape index (κ1) is 26.5. The van der Waals surface area contributed by atoms with E-state index in [9.17, 15) is 29.7 Å². The van der Waals surface area contributed by atoms with Crippen molar-refractivity contribution in [2.24, 2.45) is 11.3 Å². The van der Waals surface area contributed by atoms with Crippen LogP contribution in [0.5, 0.6) is 0 Å². The molecule has 1 heterocycles. The Balaban J connectivity index is 1.96. The number of aliphatic hydroxyl groups excluding tert-OH is 2. The highest BCUT2D eigenvalue weighted by Crippen LogP contribution is 2.68. The van der Waals surface area contributed by atoms with Crippen LogP contribution in [0.2, 0.25) is 0 Å². The van der Waals surface area contributed by atoms with Gasteiger partial charge in [0.1, 0.15) is 35.9 Å². The zero-order chi connectivity index (χ0) is 26.7. The third-order valence-corrected chi connectivity index (χ3v) is 8.19. The first-order chi connectivity index (χ1) is 16.7. The van der Waals surface area contributed by atoms with E-state index in [0.29, 0.717) is 0 Å². The second kappa shape index (κ2) is 8.79. The van der Waals surface area contributed by atoms with Crippen LogP contribution in [0.1, 0.15) is 57.8 Å². The van der Waals surface area contributed by atoms with Crippen LogP contribution in [-0.4, -0.2) is 81.1 Å². The average molecular weight is 507 g/mol. The summed E-state index contributed by atoms with van der Waals surface area (Å²) in [5, 5.41) is 35.1. The van der Waals surface area contributed by atoms with Gasteiger partial charge in [-0.1, -0.05) is 18.2 Å². The van der Waals surface area contributed by atoms with E-state index in [2.05, 4.69) is 0 Å². The Morgan fingerprint density at radius 3 is 2.25 bits per heavy atom. The number of hydrogen-bond acceptors (Lipinski definition) is 10. The van der Waals surface area contributed by atoms with E-state index in [1.807, 2.05) is 0 Å². The number of rotatable bonds is 5. The summed E-state index contributed by atoms with van der Waals surface area (Å²) >= 11 is 0. The van der Waals surface area contributed by atoms with Crippen LogP contribution in [-0.2, 0) is 28.5 Å². The molecule has 2 bridgehead atoms. The molecule has 0 radical (unpaired) electrons. The van der Waals surface area contributed by atoms with Crippen LogP contribution >= 0.6 is 0 Å². The summed E-state index contributed by atoms with van der Waals surface area (Å²) in [6, 6.07) is 8.21. The maximum Gasteiger partial charge on any atom is 0.338 e. The molecule has 0 unspecified atom stereocenters. The van der Waals surface area contributed by atoms with Crippen molar-refractivity contribution in [3.8, 4) is 0 Å². The van der Waals surface area contributed by atoms with Crippen LogP contribution in [0.4, 0.5) is 0 Å².